The summed E-state index contributed by atoms with van der Waals surface area (Å²) in [4.78, 5) is 4.50. The van der Waals surface area contributed by atoms with Gasteiger partial charge in [0.05, 0.1) is 5.70 Å². The molecule has 0 aromatic heterocycles. The zero-order valence-electron chi connectivity index (χ0n) is 10.7. The molecule has 0 bridgehead atoms. The number of hydrogen-bond acceptors (Lipinski definition) is 3. The Morgan fingerprint density at radius 3 is 2.61 bits per heavy atom. The topological polar surface area (TPSA) is 32.5 Å². The minimum atomic E-state index is 0.243. The molecule has 3 heteroatoms. The predicted molar refractivity (Wildman–Crippen MR) is 73.8 cm³/mol. The van der Waals surface area contributed by atoms with Gasteiger partial charge in [-0.2, -0.15) is 0 Å². The lowest BCUT2D eigenvalue weighted by Crippen LogP contribution is -2.35. The Labute approximate surface area is 107 Å². The number of fused-ring (bicyclic) bond motifs is 1. The highest BCUT2D eigenvalue weighted by Crippen LogP contribution is 2.37. The van der Waals surface area contributed by atoms with Crippen molar-refractivity contribution in [2.75, 3.05) is 7.05 Å². The second-order valence-corrected chi connectivity index (χ2v) is 4.72. The summed E-state index contributed by atoms with van der Waals surface area (Å²) in [5, 5.41) is 0. The van der Waals surface area contributed by atoms with Crippen LogP contribution in [0.2, 0.25) is 0 Å². The molecule has 3 rings (SSSR count). The molecule has 2 heterocycles. The van der Waals surface area contributed by atoms with E-state index in [2.05, 4.69) is 54.1 Å². The Balaban J connectivity index is 2.10. The Kier molecular flexibility index (Phi) is 2.40. The minimum absolute atomic E-state index is 0.243. The number of benzene rings is 1. The van der Waals surface area contributed by atoms with Gasteiger partial charge < -0.3 is 15.5 Å². The number of nitrogens with zero attached hydrogens (tertiary/aromatic N) is 2. The van der Waals surface area contributed by atoms with Crippen LogP contribution in [0.5, 0.6) is 0 Å². The zero-order chi connectivity index (χ0) is 12.7. The first kappa shape index (κ1) is 11.0. The SMILES string of the molecule is CC1=C(c2ccccc2)N2C=C(N)C=CC2N1C. The smallest absolute Gasteiger partial charge is 0.125 e. The summed E-state index contributed by atoms with van der Waals surface area (Å²) in [5.74, 6) is 0. The van der Waals surface area contributed by atoms with Crippen LogP contribution < -0.4 is 5.73 Å². The van der Waals surface area contributed by atoms with Gasteiger partial charge in [0.2, 0.25) is 0 Å². The van der Waals surface area contributed by atoms with Crippen LogP contribution in [-0.4, -0.2) is 23.0 Å². The van der Waals surface area contributed by atoms with Crippen molar-refractivity contribution in [2.24, 2.45) is 5.73 Å². The molecule has 1 aromatic carbocycles. The van der Waals surface area contributed by atoms with Crippen molar-refractivity contribution >= 4 is 5.70 Å². The molecule has 2 aliphatic rings. The fourth-order valence-electron chi connectivity index (χ4n) is 2.59. The molecule has 0 aliphatic carbocycles. The average molecular weight is 239 g/mol. The third-order valence-electron chi connectivity index (χ3n) is 3.61. The summed E-state index contributed by atoms with van der Waals surface area (Å²) in [6.45, 7) is 2.15. The second kappa shape index (κ2) is 3.95. The van der Waals surface area contributed by atoms with Crippen LogP contribution in [0.25, 0.3) is 5.70 Å². The molecular weight excluding hydrogens is 222 g/mol. The zero-order valence-corrected chi connectivity index (χ0v) is 10.7. The summed E-state index contributed by atoms with van der Waals surface area (Å²) in [7, 11) is 2.11. The lowest BCUT2D eigenvalue weighted by Gasteiger charge is -2.30. The predicted octanol–water partition coefficient (Wildman–Crippen LogP) is 2.32. The van der Waals surface area contributed by atoms with Crippen LogP contribution in [0, 0.1) is 0 Å². The van der Waals surface area contributed by atoms with Gasteiger partial charge in [0.15, 0.2) is 0 Å². The molecule has 0 radical (unpaired) electrons. The Hall–Kier alpha value is -2.16. The largest absolute Gasteiger partial charge is 0.398 e. The van der Waals surface area contributed by atoms with Crippen LogP contribution in [0.4, 0.5) is 0 Å². The van der Waals surface area contributed by atoms with Crippen molar-refractivity contribution < 1.29 is 0 Å². The second-order valence-electron chi connectivity index (χ2n) is 4.72. The van der Waals surface area contributed by atoms with Gasteiger partial charge in [0.25, 0.3) is 0 Å². The summed E-state index contributed by atoms with van der Waals surface area (Å²) in [6, 6.07) is 10.4. The maximum absolute atomic E-state index is 5.91. The van der Waals surface area contributed by atoms with Gasteiger partial charge in [-0.25, -0.2) is 0 Å². The first-order valence-corrected chi connectivity index (χ1v) is 6.11. The van der Waals surface area contributed by atoms with Gasteiger partial charge in [0.1, 0.15) is 6.17 Å². The van der Waals surface area contributed by atoms with Gasteiger partial charge in [-0.1, -0.05) is 30.3 Å². The lowest BCUT2D eigenvalue weighted by molar-refractivity contribution is 0.267. The van der Waals surface area contributed by atoms with Crippen molar-refractivity contribution in [3.63, 3.8) is 0 Å². The van der Waals surface area contributed by atoms with E-state index in [0.29, 0.717) is 0 Å². The Morgan fingerprint density at radius 2 is 1.89 bits per heavy atom. The summed E-state index contributed by atoms with van der Waals surface area (Å²) in [5.41, 5.74) is 10.4. The number of hydrogen-bond donors (Lipinski definition) is 1. The first-order valence-electron chi connectivity index (χ1n) is 6.11. The van der Waals surface area contributed by atoms with E-state index in [1.165, 1.54) is 17.0 Å². The number of nitrogens with two attached hydrogens (primary N) is 1. The van der Waals surface area contributed by atoms with E-state index in [-0.39, 0.29) is 6.17 Å². The van der Waals surface area contributed by atoms with Gasteiger partial charge in [-0.05, 0) is 24.6 Å². The third kappa shape index (κ3) is 1.51. The minimum Gasteiger partial charge on any atom is -0.398 e. The molecule has 18 heavy (non-hydrogen) atoms. The normalized spacial score (nSPS) is 22.3. The van der Waals surface area contributed by atoms with E-state index >= 15 is 0 Å². The maximum atomic E-state index is 5.91. The monoisotopic (exact) mass is 239 g/mol. The maximum Gasteiger partial charge on any atom is 0.125 e. The lowest BCUT2D eigenvalue weighted by atomic mass is 10.1. The molecule has 1 unspecified atom stereocenters. The molecule has 2 N–H and O–H groups in total. The van der Waals surface area contributed by atoms with Gasteiger partial charge in [-0.3, -0.25) is 0 Å². The van der Waals surface area contributed by atoms with E-state index in [1.807, 2.05) is 18.3 Å². The van der Waals surface area contributed by atoms with Crippen LogP contribution in [0.3, 0.4) is 0 Å². The standard InChI is InChI=1S/C15H17N3/c1-11-15(12-6-4-3-5-7-12)18-10-13(16)8-9-14(18)17(11)2/h3-10,14H,16H2,1-2H3. The molecule has 0 saturated carbocycles. The van der Waals surface area contributed by atoms with Crippen molar-refractivity contribution in [1.82, 2.24) is 9.80 Å². The molecule has 2 aliphatic heterocycles. The average Bonchev–Trinajstić information content (AvgIpc) is 2.63. The molecular formula is C15H17N3. The molecule has 0 saturated heterocycles. The number of likely N-dealkylation sites (N-methyl/N-ethyl adjacent to an activating group) is 1. The molecule has 1 aromatic rings. The van der Waals surface area contributed by atoms with Crippen molar-refractivity contribution in [3.8, 4) is 0 Å². The van der Waals surface area contributed by atoms with E-state index < -0.39 is 0 Å². The van der Waals surface area contributed by atoms with Gasteiger partial charge in [-0.15, -0.1) is 0 Å². The summed E-state index contributed by atoms with van der Waals surface area (Å²) >= 11 is 0. The Bertz CT molecular complexity index is 554. The molecule has 1 atom stereocenters. The highest BCUT2D eigenvalue weighted by Gasteiger charge is 2.33. The van der Waals surface area contributed by atoms with E-state index in [0.717, 1.165) is 5.70 Å². The third-order valence-corrected chi connectivity index (χ3v) is 3.61. The molecule has 92 valence electrons. The van der Waals surface area contributed by atoms with Crippen LogP contribution in [-0.2, 0) is 0 Å². The van der Waals surface area contributed by atoms with Gasteiger partial charge in [0, 0.05) is 24.6 Å². The molecule has 0 amide bonds. The first-order chi connectivity index (χ1) is 8.68. The Morgan fingerprint density at radius 1 is 1.17 bits per heavy atom. The number of allylic oxidation sites excluding steroid dienone is 2. The van der Waals surface area contributed by atoms with Crippen LogP contribution in [0.1, 0.15) is 12.5 Å². The van der Waals surface area contributed by atoms with Gasteiger partial charge >= 0.3 is 0 Å². The van der Waals surface area contributed by atoms with Crippen molar-refractivity contribution in [2.45, 2.75) is 13.1 Å². The highest BCUT2D eigenvalue weighted by molar-refractivity contribution is 5.70. The summed E-state index contributed by atoms with van der Waals surface area (Å²) < 4.78 is 0. The van der Waals surface area contributed by atoms with Crippen LogP contribution >= 0.6 is 0 Å². The fourth-order valence-corrected chi connectivity index (χ4v) is 2.59. The fraction of sp³-hybridized carbons (Fsp3) is 0.200. The van der Waals surface area contributed by atoms with Crippen molar-refractivity contribution in [1.29, 1.82) is 0 Å². The molecule has 0 spiro atoms. The van der Waals surface area contributed by atoms with E-state index in [9.17, 15) is 0 Å². The summed E-state index contributed by atoms with van der Waals surface area (Å²) in [6.07, 6.45) is 6.36. The van der Waals surface area contributed by atoms with E-state index in [1.54, 1.807) is 0 Å². The number of rotatable bonds is 1. The van der Waals surface area contributed by atoms with Crippen molar-refractivity contribution in [3.05, 3.63) is 65.6 Å². The molecule has 3 nitrogen and oxygen atoms in total. The highest BCUT2D eigenvalue weighted by atomic mass is 15.4. The molecule has 0 fully saturated rings. The quantitative estimate of drug-likeness (QED) is 0.816. The van der Waals surface area contributed by atoms with E-state index in [4.69, 9.17) is 5.73 Å². The van der Waals surface area contributed by atoms with Crippen LogP contribution in [0.15, 0.2) is 60.1 Å².